The van der Waals surface area contributed by atoms with Gasteiger partial charge in [0.1, 0.15) is 23.2 Å². The molecule has 1 fully saturated rings. The van der Waals surface area contributed by atoms with Crippen LogP contribution in [0.1, 0.15) is 86.6 Å². The predicted molar refractivity (Wildman–Crippen MR) is 156 cm³/mol. The third-order valence-corrected chi connectivity index (χ3v) is 6.21. The molecular formula is C30H42N6O5. The Morgan fingerprint density at radius 1 is 1.07 bits per heavy atom. The lowest BCUT2D eigenvalue weighted by Crippen LogP contribution is -2.44. The van der Waals surface area contributed by atoms with Crippen molar-refractivity contribution in [3.8, 4) is 11.3 Å². The Morgan fingerprint density at radius 2 is 1.68 bits per heavy atom. The van der Waals surface area contributed by atoms with Crippen molar-refractivity contribution in [2.75, 3.05) is 18.1 Å². The first-order valence-electron chi connectivity index (χ1n) is 14.0. The number of carbonyl (C=O) groups excluding carboxylic acids is 2. The minimum Gasteiger partial charge on any atom is -0.443 e. The van der Waals surface area contributed by atoms with Gasteiger partial charge in [-0.3, -0.25) is 0 Å². The number of amides is 2. The Morgan fingerprint density at radius 3 is 2.22 bits per heavy atom. The number of aromatic nitrogens is 4. The summed E-state index contributed by atoms with van der Waals surface area (Å²) in [5.41, 5.74) is 2.02. The first-order chi connectivity index (χ1) is 19.2. The summed E-state index contributed by atoms with van der Waals surface area (Å²) in [6, 6.07) is 0. The molecule has 0 N–H and O–H groups in total. The van der Waals surface area contributed by atoms with Crippen molar-refractivity contribution in [1.29, 1.82) is 0 Å². The predicted octanol–water partition coefficient (Wildman–Crippen LogP) is 6.69. The average molecular weight is 567 g/mol. The Hall–Kier alpha value is -3.78. The van der Waals surface area contributed by atoms with Crippen molar-refractivity contribution in [3.05, 3.63) is 41.3 Å². The van der Waals surface area contributed by atoms with Crippen LogP contribution in [0.5, 0.6) is 0 Å². The molecule has 2 amide bonds. The SMILES string of the molecule is [C-]#[N+]CC(=C1CCCC1)n1cc(-c2ncnc(N(C(=O)OC(C)(C)C)C(=O)OC(C)(C)C)c2CC(C)OCC)cn1. The highest BCUT2D eigenvalue weighted by Gasteiger charge is 2.36. The van der Waals surface area contributed by atoms with Crippen LogP contribution < -0.4 is 4.90 Å². The quantitative estimate of drug-likeness (QED) is 0.325. The third kappa shape index (κ3) is 8.60. The monoisotopic (exact) mass is 566 g/mol. The van der Waals surface area contributed by atoms with Crippen LogP contribution in [0.25, 0.3) is 21.8 Å². The van der Waals surface area contributed by atoms with Crippen molar-refractivity contribution in [2.45, 2.75) is 105 Å². The van der Waals surface area contributed by atoms with E-state index in [0.29, 0.717) is 29.8 Å². The summed E-state index contributed by atoms with van der Waals surface area (Å²) >= 11 is 0. The molecule has 2 aromatic rings. The summed E-state index contributed by atoms with van der Waals surface area (Å²) in [6.07, 6.45) is 7.10. The van der Waals surface area contributed by atoms with Crippen LogP contribution in [0.15, 0.2) is 24.3 Å². The van der Waals surface area contributed by atoms with Crippen LogP contribution in [-0.4, -0.2) is 62.4 Å². The second-order valence-corrected chi connectivity index (χ2v) is 12.0. The van der Waals surface area contributed by atoms with Gasteiger partial charge in [0.05, 0.1) is 18.0 Å². The lowest BCUT2D eigenvalue weighted by molar-refractivity contribution is 0.0426. The number of rotatable bonds is 8. The summed E-state index contributed by atoms with van der Waals surface area (Å²) in [4.78, 5) is 40.4. The number of ether oxygens (including phenoxy) is 3. The summed E-state index contributed by atoms with van der Waals surface area (Å²) < 4.78 is 18.8. The molecule has 3 rings (SSSR count). The van der Waals surface area contributed by atoms with Crippen LogP contribution >= 0.6 is 0 Å². The molecule has 11 heteroatoms. The van der Waals surface area contributed by atoms with Crippen molar-refractivity contribution in [2.24, 2.45) is 0 Å². The summed E-state index contributed by atoms with van der Waals surface area (Å²) in [6.45, 7) is 22.3. The van der Waals surface area contributed by atoms with Crippen LogP contribution in [0.2, 0.25) is 0 Å². The maximum absolute atomic E-state index is 13.5. The number of hydrogen-bond acceptors (Lipinski definition) is 8. The van der Waals surface area contributed by atoms with E-state index in [-0.39, 0.29) is 18.5 Å². The van der Waals surface area contributed by atoms with Crippen molar-refractivity contribution in [1.82, 2.24) is 19.7 Å². The van der Waals surface area contributed by atoms with Crippen LogP contribution in [0.3, 0.4) is 0 Å². The molecule has 2 aromatic heterocycles. The van der Waals surface area contributed by atoms with Crippen LogP contribution in [0.4, 0.5) is 15.4 Å². The fraction of sp³-hybridized carbons (Fsp3) is 0.600. The molecule has 2 heterocycles. The van der Waals surface area contributed by atoms with Gasteiger partial charge in [-0.2, -0.15) is 10.00 Å². The summed E-state index contributed by atoms with van der Waals surface area (Å²) in [5, 5.41) is 4.58. The van der Waals surface area contributed by atoms with Gasteiger partial charge in [0.2, 0.25) is 0 Å². The van der Waals surface area contributed by atoms with E-state index in [2.05, 4.69) is 19.9 Å². The molecule has 222 valence electrons. The fourth-order valence-corrected chi connectivity index (χ4v) is 4.63. The lowest BCUT2D eigenvalue weighted by atomic mass is 10.0. The minimum absolute atomic E-state index is 0.0494. The van der Waals surface area contributed by atoms with Crippen LogP contribution in [-0.2, 0) is 20.6 Å². The van der Waals surface area contributed by atoms with Crippen molar-refractivity contribution < 1.29 is 23.8 Å². The lowest BCUT2D eigenvalue weighted by Gasteiger charge is -2.29. The van der Waals surface area contributed by atoms with Gasteiger partial charge in [0.15, 0.2) is 5.82 Å². The molecule has 1 atom stereocenters. The van der Waals surface area contributed by atoms with Crippen molar-refractivity contribution >= 4 is 23.7 Å². The normalized spacial score (nSPS) is 14.4. The van der Waals surface area contributed by atoms with E-state index in [9.17, 15) is 9.59 Å². The van der Waals surface area contributed by atoms with Crippen molar-refractivity contribution in [3.63, 3.8) is 0 Å². The molecule has 1 aliphatic rings. The molecule has 0 radical (unpaired) electrons. The Bertz CT molecular complexity index is 1280. The molecule has 0 aromatic carbocycles. The minimum atomic E-state index is -0.914. The van der Waals surface area contributed by atoms with E-state index < -0.39 is 23.4 Å². The molecule has 0 aliphatic heterocycles. The molecule has 0 saturated heterocycles. The third-order valence-electron chi connectivity index (χ3n) is 6.21. The first-order valence-corrected chi connectivity index (χ1v) is 14.0. The van der Waals surface area contributed by atoms with Gasteiger partial charge in [0, 0.05) is 30.4 Å². The van der Waals surface area contributed by atoms with Gasteiger partial charge in [0.25, 0.3) is 6.54 Å². The molecule has 41 heavy (non-hydrogen) atoms. The molecule has 0 bridgehead atoms. The zero-order valence-electron chi connectivity index (χ0n) is 25.5. The van der Waals surface area contributed by atoms with Gasteiger partial charge in [-0.1, -0.05) is 0 Å². The standard InChI is InChI=1S/C30H42N6O5/c1-10-39-20(2)15-23-25(22-16-34-35(18-22)24(17-31-9)21-13-11-12-14-21)32-19-33-26(23)36(27(37)40-29(3,4)5)28(38)41-30(6,7)8/h16,18-20H,10-15,17H2,1-8H3. The van der Waals surface area contributed by atoms with Crippen LogP contribution in [0, 0.1) is 6.57 Å². The number of carbonyl (C=O) groups is 2. The van der Waals surface area contributed by atoms with E-state index in [1.807, 2.05) is 20.0 Å². The second-order valence-electron chi connectivity index (χ2n) is 12.0. The number of hydrogen-bond donors (Lipinski definition) is 0. The maximum Gasteiger partial charge on any atom is 0.425 e. The maximum atomic E-state index is 13.5. The Kier molecular flexibility index (Phi) is 10.3. The highest BCUT2D eigenvalue weighted by atomic mass is 16.6. The first kappa shape index (κ1) is 31.7. The Balaban J connectivity index is 2.19. The molecule has 11 nitrogen and oxygen atoms in total. The van der Waals surface area contributed by atoms with E-state index in [1.165, 1.54) is 11.9 Å². The van der Waals surface area contributed by atoms with E-state index in [0.717, 1.165) is 36.3 Å². The summed E-state index contributed by atoms with van der Waals surface area (Å²) in [7, 11) is 0. The molecule has 1 unspecified atom stereocenters. The fourth-order valence-electron chi connectivity index (χ4n) is 4.63. The van der Waals surface area contributed by atoms with Gasteiger partial charge in [-0.05, 0) is 86.6 Å². The Labute approximate surface area is 242 Å². The number of allylic oxidation sites excluding steroid dienone is 1. The molecular weight excluding hydrogens is 524 g/mol. The number of imide groups is 1. The smallest absolute Gasteiger partial charge is 0.425 e. The number of nitrogens with zero attached hydrogens (tertiary/aromatic N) is 6. The zero-order chi connectivity index (χ0) is 30.4. The zero-order valence-corrected chi connectivity index (χ0v) is 25.5. The summed E-state index contributed by atoms with van der Waals surface area (Å²) in [5.74, 6) is 0.0494. The van der Waals surface area contributed by atoms with Gasteiger partial charge >= 0.3 is 12.2 Å². The molecule has 1 saturated carbocycles. The topological polar surface area (TPSA) is 113 Å². The average Bonchev–Trinajstić information content (AvgIpc) is 3.54. The highest BCUT2D eigenvalue weighted by molar-refractivity contribution is 6.09. The van der Waals surface area contributed by atoms with Gasteiger partial charge in [-0.25, -0.2) is 30.8 Å². The second kappa shape index (κ2) is 13.3. The molecule has 0 spiro atoms. The largest absolute Gasteiger partial charge is 0.443 e. The van der Waals surface area contributed by atoms with E-state index in [1.54, 1.807) is 52.4 Å². The molecule has 1 aliphatic carbocycles. The highest BCUT2D eigenvalue weighted by Crippen LogP contribution is 2.33. The van der Waals surface area contributed by atoms with Gasteiger partial charge < -0.3 is 19.1 Å². The number of anilines is 1. The van der Waals surface area contributed by atoms with E-state index >= 15 is 0 Å². The van der Waals surface area contributed by atoms with E-state index in [4.69, 9.17) is 20.8 Å². The van der Waals surface area contributed by atoms with Gasteiger partial charge in [-0.15, -0.1) is 0 Å².